The van der Waals surface area contributed by atoms with E-state index in [0.29, 0.717) is 12.8 Å². The number of amides is 1. The van der Waals surface area contributed by atoms with E-state index in [0.717, 1.165) is 10.1 Å². The molecule has 1 aromatic carbocycles. The van der Waals surface area contributed by atoms with Crippen molar-refractivity contribution in [3.8, 4) is 11.6 Å². The Balaban J connectivity index is 1.74. The molecule has 3 N–H and O–H groups in total. The molecular weight excluding hydrogens is 468 g/mol. The number of carbonyl (C=O) groups is 1. The largest absolute Gasteiger partial charge is 0.442 e. The van der Waals surface area contributed by atoms with Crippen LogP contribution < -0.4 is 27.6 Å². The van der Waals surface area contributed by atoms with E-state index in [1.54, 1.807) is 6.07 Å². The van der Waals surface area contributed by atoms with Gasteiger partial charge in [0.2, 0.25) is 11.7 Å². The van der Waals surface area contributed by atoms with Crippen LogP contribution in [0.1, 0.15) is 25.3 Å². The SMILES string of the molecule is CCCCN(C(=O)Cn1c(-c2ncccn2)noc1=O)c1c(N)n(Cc2ccccc2)c(=O)[nH]c1=O. The van der Waals surface area contributed by atoms with Gasteiger partial charge in [-0.25, -0.2) is 24.1 Å². The van der Waals surface area contributed by atoms with E-state index in [1.807, 2.05) is 37.3 Å². The number of rotatable bonds is 9. The van der Waals surface area contributed by atoms with Gasteiger partial charge in [-0.05, 0) is 18.1 Å². The van der Waals surface area contributed by atoms with Crippen molar-refractivity contribution >= 4 is 17.4 Å². The van der Waals surface area contributed by atoms with Crippen LogP contribution in [-0.2, 0) is 17.9 Å². The van der Waals surface area contributed by atoms with Crippen molar-refractivity contribution in [2.24, 2.45) is 0 Å². The average molecular weight is 492 g/mol. The monoisotopic (exact) mass is 492 g/mol. The first-order valence-corrected chi connectivity index (χ1v) is 11.2. The summed E-state index contributed by atoms with van der Waals surface area (Å²) in [6.07, 6.45) is 4.16. The summed E-state index contributed by atoms with van der Waals surface area (Å²) in [5.41, 5.74) is 5.39. The predicted octanol–water partition coefficient (Wildman–Crippen LogP) is 0.607. The van der Waals surface area contributed by atoms with E-state index in [-0.39, 0.29) is 36.2 Å². The zero-order valence-corrected chi connectivity index (χ0v) is 19.5. The average Bonchev–Trinajstić information content (AvgIpc) is 3.24. The highest BCUT2D eigenvalue weighted by molar-refractivity contribution is 5.95. The topological polar surface area (TPSA) is 175 Å². The summed E-state index contributed by atoms with van der Waals surface area (Å²) in [7, 11) is 0. The van der Waals surface area contributed by atoms with Crippen LogP contribution in [0.2, 0.25) is 0 Å². The van der Waals surface area contributed by atoms with E-state index in [4.69, 9.17) is 10.3 Å². The fourth-order valence-electron chi connectivity index (χ4n) is 3.64. The van der Waals surface area contributed by atoms with Gasteiger partial charge in [-0.1, -0.05) is 48.8 Å². The van der Waals surface area contributed by atoms with E-state index >= 15 is 0 Å². The minimum Gasteiger partial charge on any atom is -0.383 e. The number of anilines is 2. The van der Waals surface area contributed by atoms with Gasteiger partial charge >= 0.3 is 11.4 Å². The van der Waals surface area contributed by atoms with Gasteiger partial charge in [0, 0.05) is 18.9 Å². The molecule has 0 atom stereocenters. The van der Waals surface area contributed by atoms with E-state index in [1.165, 1.54) is 21.9 Å². The molecule has 36 heavy (non-hydrogen) atoms. The van der Waals surface area contributed by atoms with Crippen LogP contribution >= 0.6 is 0 Å². The first kappa shape index (κ1) is 24.3. The van der Waals surface area contributed by atoms with Gasteiger partial charge in [-0.2, -0.15) is 0 Å². The number of nitrogen functional groups attached to an aromatic ring is 1. The third-order valence-electron chi connectivity index (χ3n) is 5.45. The maximum Gasteiger partial charge on any atom is 0.442 e. The smallest absolute Gasteiger partial charge is 0.383 e. The molecular formula is C23H24N8O5. The molecule has 13 nitrogen and oxygen atoms in total. The quantitative estimate of drug-likeness (QED) is 0.339. The van der Waals surface area contributed by atoms with Crippen LogP contribution in [0.5, 0.6) is 0 Å². The van der Waals surface area contributed by atoms with Crippen LogP contribution in [0.15, 0.2) is 67.7 Å². The van der Waals surface area contributed by atoms with Gasteiger partial charge in [0.05, 0.1) is 6.54 Å². The number of nitrogens with two attached hydrogens (primary N) is 1. The Bertz CT molecular complexity index is 1520. The fourth-order valence-corrected chi connectivity index (χ4v) is 3.64. The third kappa shape index (κ3) is 4.99. The lowest BCUT2D eigenvalue weighted by Gasteiger charge is -2.24. The Kier molecular flexibility index (Phi) is 7.18. The number of unbranched alkanes of at least 4 members (excludes halogenated alkanes) is 1. The Labute approximate surface area is 203 Å². The molecule has 1 amide bonds. The summed E-state index contributed by atoms with van der Waals surface area (Å²) in [5, 5.41) is 3.68. The van der Waals surface area contributed by atoms with Crippen molar-refractivity contribution in [2.75, 3.05) is 17.2 Å². The Morgan fingerprint density at radius 1 is 1.08 bits per heavy atom. The Morgan fingerprint density at radius 2 is 1.81 bits per heavy atom. The number of hydrogen-bond acceptors (Lipinski definition) is 9. The summed E-state index contributed by atoms with van der Waals surface area (Å²) >= 11 is 0. The highest BCUT2D eigenvalue weighted by atomic mass is 16.5. The van der Waals surface area contributed by atoms with Gasteiger partial charge in [0.1, 0.15) is 12.4 Å². The van der Waals surface area contributed by atoms with Crippen molar-refractivity contribution < 1.29 is 9.32 Å². The van der Waals surface area contributed by atoms with E-state index in [2.05, 4.69) is 20.1 Å². The number of aromatic nitrogens is 6. The van der Waals surface area contributed by atoms with E-state index in [9.17, 15) is 19.2 Å². The normalized spacial score (nSPS) is 10.9. The molecule has 0 saturated carbocycles. The first-order chi connectivity index (χ1) is 17.4. The number of carbonyl (C=O) groups excluding carboxylic acids is 1. The van der Waals surface area contributed by atoms with Crippen molar-refractivity contribution in [1.29, 1.82) is 0 Å². The molecule has 0 aliphatic carbocycles. The summed E-state index contributed by atoms with van der Waals surface area (Å²) in [5.74, 6) is -1.64. The molecule has 0 unspecified atom stereocenters. The minimum absolute atomic E-state index is 0.0414. The molecule has 13 heteroatoms. The van der Waals surface area contributed by atoms with Crippen LogP contribution in [0.4, 0.5) is 11.5 Å². The molecule has 0 aliphatic rings. The summed E-state index contributed by atoms with van der Waals surface area (Å²) < 4.78 is 6.90. The van der Waals surface area contributed by atoms with Gasteiger partial charge < -0.3 is 10.6 Å². The van der Waals surface area contributed by atoms with Gasteiger partial charge in [-0.15, -0.1) is 0 Å². The lowest BCUT2D eigenvalue weighted by molar-refractivity contribution is -0.119. The highest BCUT2D eigenvalue weighted by Gasteiger charge is 2.26. The lowest BCUT2D eigenvalue weighted by atomic mass is 10.2. The number of H-pyrrole nitrogens is 1. The van der Waals surface area contributed by atoms with Gasteiger partial charge in [0.15, 0.2) is 11.5 Å². The van der Waals surface area contributed by atoms with Crippen LogP contribution in [0.3, 0.4) is 0 Å². The van der Waals surface area contributed by atoms with Crippen molar-refractivity contribution in [3.05, 3.63) is 85.7 Å². The highest BCUT2D eigenvalue weighted by Crippen LogP contribution is 2.20. The first-order valence-electron chi connectivity index (χ1n) is 11.2. The van der Waals surface area contributed by atoms with Crippen molar-refractivity contribution in [3.63, 3.8) is 0 Å². The van der Waals surface area contributed by atoms with Gasteiger partial charge in [0.25, 0.3) is 5.56 Å². The number of aromatic amines is 1. The molecule has 0 bridgehead atoms. The second-order valence-electron chi connectivity index (χ2n) is 7.89. The number of nitrogens with one attached hydrogen (secondary N) is 1. The molecule has 4 rings (SSSR count). The molecule has 3 heterocycles. The van der Waals surface area contributed by atoms with E-state index < -0.39 is 29.5 Å². The second-order valence-corrected chi connectivity index (χ2v) is 7.89. The summed E-state index contributed by atoms with van der Waals surface area (Å²) in [6.45, 7) is 1.62. The Hall–Kier alpha value is -4.81. The molecule has 0 radical (unpaired) electrons. The molecule has 3 aromatic heterocycles. The Morgan fingerprint density at radius 3 is 2.50 bits per heavy atom. The molecule has 0 aliphatic heterocycles. The van der Waals surface area contributed by atoms with Crippen LogP contribution in [0.25, 0.3) is 11.6 Å². The zero-order valence-electron chi connectivity index (χ0n) is 19.5. The zero-order chi connectivity index (χ0) is 25.7. The summed E-state index contributed by atoms with van der Waals surface area (Å²) in [4.78, 5) is 62.7. The molecule has 4 aromatic rings. The fraction of sp³-hybridized carbons (Fsp3) is 0.261. The number of hydrogen-bond donors (Lipinski definition) is 2. The van der Waals surface area contributed by atoms with Gasteiger partial charge in [-0.3, -0.25) is 23.7 Å². The second kappa shape index (κ2) is 10.6. The maximum absolute atomic E-state index is 13.5. The third-order valence-corrected chi connectivity index (χ3v) is 5.45. The molecule has 0 fully saturated rings. The summed E-state index contributed by atoms with van der Waals surface area (Å²) in [6, 6.07) is 10.7. The standard InChI is InChI=1S/C23H24N8O5/c1-2-3-12-29(16(32)14-31-20(28-36-23(31)35)19-25-10-7-11-26-19)17-18(24)30(22(34)27-21(17)33)13-15-8-5-4-6-9-15/h4-11H,2-3,12-14,24H2,1H3,(H,27,33,34). The number of nitrogens with zero attached hydrogens (tertiary/aromatic N) is 6. The van der Waals surface area contributed by atoms with Crippen molar-refractivity contribution in [2.45, 2.75) is 32.9 Å². The van der Waals surface area contributed by atoms with Crippen LogP contribution in [0, 0.1) is 0 Å². The molecule has 0 spiro atoms. The molecule has 186 valence electrons. The maximum atomic E-state index is 13.5. The lowest BCUT2D eigenvalue weighted by Crippen LogP contribution is -2.43. The number of benzene rings is 1. The minimum atomic E-state index is -0.892. The predicted molar refractivity (Wildman–Crippen MR) is 130 cm³/mol. The van der Waals surface area contributed by atoms with Crippen LogP contribution in [-0.4, -0.2) is 41.7 Å². The van der Waals surface area contributed by atoms with Crippen molar-refractivity contribution in [1.82, 2.24) is 29.2 Å². The molecule has 0 saturated heterocycles.